The molecule has 3 aromatic rings. The Bertz CT molecular complexity index is 1030. The molecule has 4 nitrogen and oxygen atoms in total. The zero-order valence-electron chi connectivity index (χ0n) is 16.2. The van der Waals surface area contributed by atoms with Crippen molar-refractivity contribution in [3.8, 4) is 5.69 Å². The molecule has 0 aliphatic carbocycles. The lowest BCUT2D eigenvalue weighted by molar-refractivity contribution is -0.118. The number of aryl methyl sites for hydroxylation is 1. The number of carbonyl (C=O) groups is 1. The number of aromatic nitrogens is 1. The van der Waals surface area contributed by atoms with Crippen LogP contribution in [0.2, 0.25) is 5.02 Å². The largest absolute Gasteiger partial charge is 0.318 e. The van der Waals surface area contributed by atoms with Crippen LogP contribution in [0.5, 0.6) is 0 Å². The van der Waals surface area contributed by atoms with Crippen LogP contribution < -0.4 is 5.43 Å². The molecule has 0 radical (unpaired) electrons. The second kappa shape index (κ2) is 9.76. The number of thioether (sulfide) groups is 1. The summed E-state index contributed by atoms with van der Waals surface area (Å²) >= 11 is 7.59. The molecule has 1 heterocycles. The number of nitrogens with zero attached hydrogens (tertiary/aromatic N) is 2. The molecule has 2 aromatic carbocycles. The number of nitrogens with one attached hydrogen (secondary N) is 1. The van der Waals surface area contributed by atoms with E-state index in [2.05, 4.69) is 10.5 Å². The third kappa shape index (κ3) is 5.49. The second-order valence-corrected chi connectivity index (χ2v) is 7.91. The first-order valence-corrected chi connectivity index (χ1v) is 10.6. The Labute approximate surface area is 178 Å². The van der Waals surface area contributed by atoms with Crippen molar-refractivity contribution < 1.29 is 9.18 Å². The average Bonchev–Trinajstić information content (AvgIpc) is 2.98. The molecule has 1 N–H and O–H groups in total. The van der Waals surface area contributed by atoms with Crippen molar-refractivity contribution in [2.45, 2.75) is 19.6 Å². The van der Waals surface area contributed by atoms with Gasteiger partial charge in [-0.05, 0) is 55.8 Å². The summed E-state index contributed by atoms with van der Waals surface area (Å²) in [5.74, 6) is 0.506. The number of hydrogen-bond acceptors (Lipinski definition) is 3. The Morgan fingerprint density at radius 2 is 1.93 bits per heavy atom. The predicted molar refractivity (Wildman–Crippen MR) is 119 cm³/mol. The molecule has 0 aliphatic heterocycles. The Balaban J connectivity index is 1.56. The van der Waals surface area contributed by atoms with Crippen LogP contribution >= 0.6 is 23.4 Å². The summed E-state index contributed by atoms with van der Waals surface area (Å²) in [5.41, 5.74) is 7.27. The van der Waals surface area contributed by atoms with Crippen LogP contribution in [0.15, 0.2) is 59.7 Å². The van der Waals surface area contributed by atoms with Gasteiger partial charge in [0.05, 0.1) is 12.0 Å². The molecule has 0 spiro atoms. The van der Waals surface area contributed by atoms with Gasteiger partial charge in [0, 0.05) is 33.4 Å². The summed E-state index contributed by atoms with van der Waals surface area (Å²) < 4.78 is 15.2. The minimum Gasteiger partial charge on any atom is -0.318 e. The summed E-state index contributed by atoms with van der Waals surface area (Å²) in [5, 5.41) is 4.77. The van der Waals surface area contributed by atoms with E-state index < -0.39 is 0 Å². The van der Waals surface area contributed by atoms with Gasteiger partial charge in [0.15, 0.2) is 0 Å². The van der Waals surface area contributed by atoms with Crippen molar-refractivity contribution in [3.63, 3.8) is 0 Å². The van der Waals surface area contributed by atoms with E-state index in [1.54, 1.807) is 18.3 Å². The van der Waals surface area contributed by atoms with Crippen molar-refractivity contribution >= 4 is 35.5 Å². The van der Waals surface area contributed by atoms with Gasteiger partial charge < -0.3 is 4.57 Å². The molecule has 0 saturated carbocycles. The Kier molecular flexibility index (Phi) is 7.12. The van der Waals surface area contributed by atoms with Crippen molar-refractivity contribution in [1.82, 2.24) is 9.99 Å². The van der Waals surface area contributed by atoms with E-state index >= 15 is 0 Å². The monoisotopic (exact) mass is 429 g/mol. The van der Waals surface area contributed by atoms with Crippen molar-refractivity contribution in [3.05, 3.63) is 88.0 Å². The van der Waals surface area contributed by atoms with Gasteiger partial charge in [0.1, 0.15) is 5.82 Å². The molecule has 0 unspecified atom stereocenters. The fourth-order valence-corrected chi connectivity index (χ4v) is 4.09. The minimum absolute atomic E-state index is 0.175. The molecule has 150 valence electrons. The number of amides is 1. The molecular weight excluding hydrogens is 409 g/mol. The van der Waals surface area contributed by atoms with Gasteiger partial charge in [-0.1, -0.05) is 29.8 Å². The normalized spacial score (nSPS) is 11.2. The number of hydrogen-bond donors (Lipinski definition) is 1. The van der Waals surface area contributed by atoms with Crippen LogP contribution in [-0.2, 0) is 10.5 Å². The highest BCUT2D eigenvalue weighted by atomic mass is 35.5. The number of rotatable bonds is 7. The van der Waals surface area contributed by atoms with Crippen LogP contribution in [0.25, 0.3) is 5.69 Å². The maximum absolute atomic E-state index is 13.2. The predicted octanol–water partition coefficient (Wildman–Crippen LogP) is 5.27. The molecule has 0 bridgehead atoms. The highest BCUT2D eigenvalue weighted by molar-refractivity contribution is 7.99. The maximum Gasteiger partial charge on any atom is 0.250 e. The molecule has 0 atom stereocenters. The Morgan fingerprint density at radius 1 is 1.21 bits per heavy atom. The van der Waals surface area contributed by atoms with E-state index in [0.29, 0.717) is 10.8 Å². The summed E-state index contributed by atoms with van der Waals surface area (Å²) in [6, 6.07) is 15.9. The van der Waals surface area contributed by atoms with Gasteiger partial charge in [-0.25, -0.2) is 9.82 Å². The van der Waals surface area contributed by atoms with Gasteiger partial charge in [-0.15, -0.1) is 11.8 Å². The molecule has 0 saturated heterocycles. The average molecular weight is 430 g/mol. The summed E-state index contributed by atoms with van der Waals surface area (Å²) in [6.45, 7) is 3.93. The number of carbonyl (C=O) groups excluding carboxylic acids is 1. The quantitative estimate of drug-likeness (QED) is 0.410. The van der Waals surface area contributed by atoms with Crippen LogP contribution in [0.4, 0.5) is 4.39 Å². The van der Waals surface area contributed by atoms with Crippen LogP contribution in [-0.4, -0.2) is 22.4 Å². The van der Waals surface area contributed by atoms with E-state index in [9.17, 15) is 9.18 Å². The molecule has 0 fully saturated rings. The number of benzene rings is 2. The van der Waals surface area contributed by atoms with Gasteiger partial charge >= 0.3 is 0 Å². The van der Waals surface area contributed by atoms with Crippen LogP contribution in [0, 0.1) is 19.7 Å². The van der Waals surface area contributed by atoms with Gasteiger partial charge in [0.2, 0.25) is 5.91 Å². The molecule has 1 amide bonds. The fraction of sp³-hybridized carbons (Fsp3) is 0.182. The first kappa shape index (κ1) is 21.1. The molecule has 3 rings (SSSR count). The van der Waals surface area contributed by atoms with Crippen molar-refractivity contribution in [2.24, 2.45) is 5.10 Å². The van der Waals surface area contributed by atoms with Crippen molar-refractivity contribution in [2.75, 3.05) is 5.75 Å². The van der Waals surface area contributed by atoms with E-state index in [4.69, 9.17) is 11.6 Å². The van der Waals surface area contributed by atoms with E-state index in [1.165, 1.54) is 23.9 Å². The SMILES string of the molecule is Cc1cc(/C=N/NC(=O)CSCc2ccccc2Cl)c(C)n1-c1ccc(F)cc1. The van der Waals surface area contributed by atoms with E-state index in [0.717, 1.165) is 28.2 Å². The molecule has 7 heteroatoms. The first-order valence-electron chi connectivity index (χ1n) is 9.03. The third-order valence-corrected chi connectivity index (χ3v) is 5.75. The third-order valence-electron chi connectivity index (χ3n) is 4.40. The van der Waals surface area contributed by atoms with Gasteiger partial charge in [-0.2, -0.15) is 5.10 Å². The highest BCUT2D eigenvalue weighted by Crippen LogP contribution is 2.21. The van der Waals surface area contributed by atoms with Gasteiger partial charge in [-0.3, -0.25) is 4.79 Å². The lowest BCUT2D eigenvalue weighted by atomic mass is 10.2. The standard InChI is InChI=1S/C22H21ClFN3OS/c1-15-11-18(16(2)27(15)20-9-7-19(24)8-10-20)12-25-26-22(28)14-29-13-17-5-3-4-6-21(17)23/h3-12H,13-14H2,1-2H3,(H,26,28)/b25-12+. The lowest BCUT2D eigenvalue weighted by Gasteiger charge is -2.09. The minimum atomic E-state index is -0.270. The Morgan fingerprint density at radius 3 is 2.66 bits per heavy atom. The number of halogens is 2. The summed E-state index contributed by atoms with van der Waals surface area (Å²) in [4.78, 5) is 12.0. The van der Waals surface area contributed by atoms with Crippen LogP contribution in [0.1, 0.15) is 22.5 Å². The van der Waals surface area contributed by atoms with Crippen LogP contribution in [0.3, 0.4) is 0 Å². The first-order chi connectivity index (χ1) is 14.0. The maximum atomic E-state index is 13.2. The molecular formula is C22H21ClFN3OS. The molecule has 0 aliphatic rings. The summed E-state index contributed by atoms with van der Waals surface area (Å²) in [7, 11) is 0. The highest BCUT2D eigenvalue weighted by Gasteiger charge is 2.10. The zero-order chi connectivity index (χ0) is 20.8. The summed E-state index contributed by atoms with van der Waals surface area (Å²) in [6.07, 6.45) is 1.62. The lowest BCUT2D eigenvalue weighted by Crippen LogP contribution is -2.19. The van der Waals surface area contributed by atoms with E-state index in [-0.39, 0.29) is 17.5 Å². The second-order valence-electron chi connectivity index (χ2n) is 6.52. The van der Waals surface area contributed by atoms with Crippen molar-refractivity contribution in [1.29, 1.82) is 0 Å². The molecule has 29 heavy (non-hydrogen) atoms. The van der Waals surface area contributed by atoms with E-state index in [1.807, 2.05) is 48.7 Å². The Hall–Kier alpha value is -2.57. The fourth-order valence-electron chi connectivity index (χ4n) is 2.98. The smallest absolute Gasteiger partial charge is 0.250 e. The number of hydrazone groups is 1. The van der Waals surface area contributed by atoms with Gasteiger partial charge in [0.25, 0.3) is 0 Å². The molecule has 1 aromatic heterocycles. The zero-order valence-corrected chi connectivity index (χ0v) is 17.7. The topological polar surface area (TPSA) is 46.4 Å².